The normalized spacial score (nSPS) is 12.5. The predicted molar refractivity (Wildman–Crippen MR) is 65.5 cm³/mol. The molecule has 0 aromatic carbocycles. The molecule has 0 saturated carbocycles. The maximum absolute atomic E-state index is 11.1. The van der Waals surface area contributed by atoms with Gasteiger partial charge in [-0.1, -0.05) is 13.8 Å². The van der Waals surface area contributed by atoms with E-state index in [2.05, 4.69) is 18.8 Å². The van der Waals surface area contributed by atoms with Crippen molar-refractivity contribution in [1.29, 1.82) is 0 Å². The summed E-state index contributed by atoms with van der Waals surface area (Å²) in [7, 11) is 0. The minimum Gasteiger partial charge on any atom is -0.477 e. The molecule has 1 atom stereocenters. The number of nitrogens with zero attached hydrogens (tertiary/aromatic N) is 1. The second kappa shape index (κ2) is 5.66. The second-order valence-electron chi connectivity index (χ2n) is 4.67. The van der Waals surface area contributed by atoms with E-state index >= 15 is 0 Å². The number of aromatic carboxylic acids is 1. The van der Waals surface area contributed by atoms with Gasteiger partial charge >= 0.3 is 5.97 Å². The maximum Gasteiger partial charge on any atom is 0.341 e. The van der Waals surface area contributed by atoms with Gasteiger partial charge in [0.1, 0.15) is 5.56 Å². The van der Waals surface area contributed by atoms with Crippen LogP contribution >= 0.6 is 0 Å². The van der Waals surface area contributed by atoms with Crippen LogP contribution in [0.1, 0.15) is 43.1 Å². The van der Waals surface area contributed by atoms with Crippen LogP contribution in [0.4, 0.5) is 0 Å². The van der Waals surface area contributed by atoms with Crippen LogP contribution in [0.15, 0.2) is 12.3 Å². The average molecular weight is 237 g/mol. The molecule has 0 saturated heterocycles. The van der Waals surface area contributed by atoms with Gasteiger partial charge in [-0.15, -0.1) is 0 Å². The summed E-state index contributed by atoms with van der Waals surface area (Å²) in [6.45, 7) is 7.87. The number of aryl methyl sites for hydroxylation is 1. The minimum absolute atomic E-state index is 0.0394. The Balaban J connectivity index is 2.91. The van der Waals surface area contributed by atoms with E-state index in [0.29, 0.717) is 11.5 Å². The van der Waals surface area contributed by atoms with Crippen molar-refractivity contribution in [1.82, 2.24) is 4.98 Å². The third-order valence-electron chi connectivity index (χ3n) is 2.45. The number of hydrogen-bond acceptors (Lipinski definition) is 3. The lowest BCUT2D eigenvalue weighted by Gasteiger charge is -2.17. The molecule has 0 spiro atoms. The summed E-state index contributed by atoms with van der Waals surface area (Å²) >= 11 is 0. The molecule has 0 aliphatic carbocycles. The molecule has 0 aliphatic rings. The van der Waals surface area contributed by atoms with Crippen molar-refractivity contribution in [2.24, 2.45) is 5.92 Å². The van der Waals surface area contributed by atoms with Crippen LogP contribution < -0.4 is 4.74 Å². The number of ether oxygens (including phenoxy) is 1. The van der Waals surface area contributed by atoms with Crippen LogP contribution in [-0.2, 0) is 0 Å². The molecule has 94 valence electrons. The smallest absolute Gasteiger partial charge is 0.341 e. The molecule has 1 aromatic heterocycles. The van der Waals surface area contributed by atoms with Crippen LogP contribution in [-0.4, -0.2) is 22.2 Å². The van der Waals surface area contributed by atoms with Gasteiger partial charge < -0.3 is 9.84 Å². The fraction of sp³-hybridized carbons (Fsp3) is 0.538. The second-order valence-corrected chi connectivity index (χ2v) is 4.67. The molecular formula is C13H19NO3. The molecular weight excluding hydrogens is 218 g/mol. The average Bonchev–Trinajstić information content (AvgIpc) is 2.15. The number of carboxylic acid groups (broad SMARTS) is 1. The number of rotatable bonds is 5. The van der Waals surface area contributed by atoms with Gasteiger partial charge in [0.05, 0.1) is 6.10 Å². The fourth-order valence-electron chi connectivity index (χ4n) is 1.79. The molecule has 17 heavy (non-hydrogen) atoms. The van der Waals surface area contributed by atoms with E-state index in [-0.39, 0.29) is 17.5 Å². The SMILES string of the molecule is Cc1ccnc(OC(C)CC(C)C)c1C(=O)O. The number of pyridine rings is 1. The van der Waals surface area contributed by atoms with Gasteiger partial charge in [0.2, 0.25) is 5.88 Å². The Kier molecular flexibility index (Phi) is 4.49. The van der Waals surface area contributed by atoms with Gasteiger partial charge in [0.25, 0.3) is 0 Å². The molecule has 1 rings (SSSR count). The Morgan fingerprint density at radius 2 is 2.12 bits per heavy atom. The molecule has 0 amide bonds. The molecule has 0 radical (unpaired) electrons. The van der Waals surface area contributed by atoms with E-state index in [4.69, 9.17) is 9.84 Å². The number of carbonyl (C=O) groups is 1. The zero-order valence-corrected chi connectivity index (χ0v) is 10.7. The Morgan fingerprint density at radius 1 is 1.47 bits per heavy atom. The summed E-state index contributed by atoms with van der Waals surface area (Å²) in [6.07, 6.45) is 2.40. The highest BCUT2D eigenvalue weighted by atomic mass is 16.5. The summed E-state index contributed by atoms with van der Waals surface area (Å²) in [5.74, 6) is -0.281. The van der Waals surface area contributed by atoms with Crippen LogP contribution in [0, 0.1) is 12.8 Å². The number of aromatic nitrogens is 1. The first-order valence-corrected chi connectivity index (χ1v) is 5.77. The van der Waals surface area contributed by atoms with Gasteiger partial charge in [0.15, 0.2) is 0 Å². The van der Waals surface area contributed by atoms with E-state index in [9.17, 15) is 4.79 Å². The zero-order valence-electron chi connectivity index (χ0n) is 10.7. The van der Waals surface area contributed by atoms with Crippen molar-refractivity contribution >= 4 is 5.97 Å². The quantitative estimate of drug-likeness (QED) is 0.855. The molecule has 4 nitrogen and oxygen atoms in total. The van der Waals surface area contributed by atoms with Crippen molar-refractivity contribution < 1.29 is 14.6 Å². The Hall–Kier alpha value is -1.58. The number of hydrogen-bond donors (Lipinski definition) is 1. The van der Waals surface area contributed by atoms with E-state index in [1.807, 2.05) is 6.92 Å². The van der Waals surface area contributed by atoms with Crippen LogP contribution in [0.3, 0.4) is 0 Å². The maximum atomic E-state index is 11.1. The standard InChI is InChI=1S/C13H19NO3/c1-8(2)7-10(4)17-12-11(13(15)16)9(3)5-6-14-12/h5-6,8,10H,7H2,1-4H3,(H,15,16). The Bertz CT molecular complexity index is 402. The molecule has 0 fully saturated rings. The van der Waals surface area contributed by atoms with Crippen LogP contribution in [0.5, 0.6) is 5.88 Å². The van der Waals surface area contributed by atoms with E-state index < -0.39 is 5.97 Å². The summed E-state index contributed by atoms with van der Waals surface area (Å²) in [6, 6.07) is 1.67. The molecule has 1 unspecified atom stereocenters. The van der Waals surface area contributed by atoms with Crippen LogP contribution in [0.25, 0.3) is 0 Å². The molecule has 0 aliphatic heterocycles. The highest BCUT2D eigenvalue weighted by Gasteiger charge is 2.18. The highest BCUT2D eigenvalue weighted by molar-refractivity contribution is 5.91. The lowest BCUT2D eigenvalue weighted by molar-refractivity contribution is 0.0686. The monoisotopic (exact) mass is 237 g/mol. The summed E-state index contributed by atoms with van der Waals surface area (Å²) < 4.78 is 5.61. The third kappa shape index (κ3) is 3.73. The van der Waals surface area contributed by atoms with Crippen molar-refractivity contribution in [3.05, 3.63) is 23.4 Å². The van der Waals surface area contributed by atoms with Gasteiger partial charge in [-0.25, -0.2) is 9.78 Å². The summed E-state index contributed by atoms with van der Waals surface area (Å²) in [5.41, 5.74) is 0.822. The minimum atomic E-state index is -0.998. The van der Waals surface area contributed by atoms with Crippen molar-refractivity contribution in [3.63, 3.8) is 0 Å². The lowest BCUT2D eigenvalue weighted by atomic mass is 10.1. The van der Waals surface area contributed by atoms with E-state index in [1.165, 1.54) is 0 Å². The molecule has 4 heteroatoms. The highest BCUT2D eigenvalue weighted by Crippen LogP contribution is 2.21. The van der Waals surface area contributed by atoms with Gasteiger partial charge in [-0.3, -0.25) is 0 Å². The van der Waals surface area contributed by atoms with Crippen molar-refractivity contribution in [2.75, 3.05) is 0 Å². The zero-order chi connectivity index (χ0) is 13.0. The van der Waals surface area contributed by atoms with Gasteiger partial charge in [0, 0.05) is 6.20 Å². The molecule has 0 bridgehead atoms. The first-order chi connectivity index (χ1) is 7.91. The first kappa shape index (κ1) is 13.5. The Morgan fingerprint density at radius 3 is 2.65 bits per heavy atom. The number of carboxylic acids is 1. The lowest BCUT2D eigenvalue weighted by Crippen LogP contribution is -2.17. The van der Waals surface area contributed by atoms with Gasteiger partial charge in [-0.05, 0) is 37.8 Å². The third-order valence-corrected chi connectivity index (χ3v) is 2.45. The Labute approximate surface area is 102 Å². The van der Waals surface area contributed by atoms with E-state index in [0.717, 1.165) is 6.42 Å². The predicted octanol–water partition coefficient (Wildman–Crippen LogP) is 2.90. The van der Waals surface area contributed by atoms with Gasteiger partial charge in [-0.2, -0.15) is 0 Å². The summed E-state index contributed by atoms with van der Waals surface area (Å²) in [5, 5.41) is 9.12. The molecule has 1 heterocycles. The van der Waals surface area contributed by atoms with Crippen LogP contribution in [0.2, 0.25) is 0 Å². The fourth-order valence-corrected chi connectivity index (χ4v) is 1.79. The first-order valence-electron chi connectivity index (χ1n) is 5.77. The summed E-state index contributed by atoms with van der Waals surface area (Å²) in [4.78, 5) is 15.1. The molecule has 1 N–H and O–H groups in total. The van der Waals surface area contributed by atoms with E-state index in [1.54, 1.807) is 19.2 Å². The van der Waals surface area contributed by atoms with Crippen molar-refractivity contribution in [3.8, 4) is 5.88 Å². The molecule has 1 aromatic rings. The largest absolute Gasteiger partial charge is 0.477 e. The topological polar surface area (TPSA) is 59.4 Å². The van der Waals surface area contributed by atoms with Crippen molar-refractivity contribution in [2.45, 2.75) is 40.2 Å².